The van der Waals surface area contributed by atoms with Crippen molar-refractivity contribution >= 4 is 35.0 Å². The van der Waals surface area contributed by atoms with Crippen molar-refractivity contribution in [3.05, 3.63) is 0 Å². The van der Waals surface area contributed by atoms with Crippen LogP contribution in [0.2, 0.25) is 0 Å². The van der Waals surface area contributed by atoms with Gasteiger partial charge in [0.25, 0.3) is 0 Å². The van der Waals surface area contributed by atoms with Crippen LogP contribution in [0, 0.1) is 0 Å². The number of halogens is 2. The number of ether oxygens (including phenoxy) is 1. The van der Waals surface area contributed by atoms with Crippen LogP contribution < -0.4 is 0 Å². The third kappa shape index (κ3) is 313. The number of carbonyl (C=O) groups excluding carboxylic acids is 2. The van der Waals surface area contributed by atoms with Gasteiger partial charge in [0.15, 0.2) is 0 Å². The highest BCUT2D eigenvalue weighted by atomic mass is 35.5. The first kappa shape index (κ1) is 29.6. The first-order chi connectivity index (χ1) is 6.92. The Kier molecular flexibility index (Phi) is 67.5. The number of aliphatic hydroxyl groups excluding tert-OH is 1. The van der Waals surface area contributed by atoms with E-state index < -0.39 is 0 Å². The van der Waals surface area contributed by atoms with Crippen LogP contribution in [-0.2, 0) is 14.3 Å². The van der Waals surface area contributed by atoms with Crippen molar-refractivity contribution in [2.24, 2.45) is 0 Å². The van der Waals surface area contributed by atoms with Gasteiger partial charge in [-0.1, -0.05) is 0 Å². The molecule has 0 aromatic rings. The second-order valence-corrected chi connectivity index (χ2v) is 2.74. The first-order valence-corrected chi connectivity index (χ1v) is 5.16. The maximum Gasteiger partial charge on any atom is 0.302 e. The van der Waals surface area contributed by atoms with Crippen molar-refractivity contribution in [3.63, 3.8) is 0 Å². The molecule has 0 saturated heterocycles. The molecule has 102 valence electrons. The van der Waals surface area contributed by atoms with E-state index in [2.05, 4.69) is 4.74 Å². The van der Waals surface area contributed by atoms with Gasteiger partial charge < -0.3 is 20.1 Å². The van der Waals surface area contributed by atoms with Gasteiger partial charge >= 0.3 is 5.97 Å². The van der Waals surface area contributed by atoms with E-state index in [1.165, 1.54) is 20.8 Å². The van der Waals surface area contributed by atoms with Crippen LogP contribution in [0.3, 0.4) is 0 Å². The van der Waals surface area contributed by atoms with E-state index in [0.29, 0.717) is 6.61 Å². The molecule has 0 bridgehead atoms. The Hall–Kier alpha value is -0.360. The maximum atomic E-state index is 9.82. The number of Topliss-reactive ketones (excluding diaryl/α,β-unsaturated/α-hetero) is 1. The zero-order valence-electron chi connectivity index (χ0n) is 10.3. The van der Waals surface area contributed by atoms with Crippen molar-refractivity contribution in [2.75, 3.05) is 19.1 Å². The standard InChI is InChI=1S/C4H8O2.C3H6O.CH2Cl2.CH4O.H2O/c1-3-6-4(2)5;1-3(2)4;2-1-3;1-2;/h3H2,1-2H3;1-2H3;1H2;2H,1H3;1H2. The fourth-order valence-electron chi connectivity index (χ4n) is 0.203. The third-order valence-corrected chi connectivity index (χ3v) is 0.348. The number of rotatable bonds is 1. The molecule has 3 N–H and O–H groups in total. The van der Waals surface area contributed by atoms with Gasteiger partial charge in [0.1, 0.15) is 5.78 Å². The monoisotopic (exact) mass is 280 g/mol. The first-order valence-electron chi connectivity index (χ1n) is 4.09. The van der Waals surface area contributed by atoms with Crippen LogP contribution >= 0.6 is 23.2 Å². The third-order valence-electron chi connectivity index (χ3n) is 0.348. The van der Waals surface area contributed by atoms with Crippen LogP contribution in [0.15, 0.2) is 0 Å². The van der Waals surface area contributed by atoms with Gasteiger partial charge in [0, 0.05) is 14.0 Å². The highest BCUT2D eigenvalue weighted by Gasteiger charge is 1.81. The minimum absolute atomic E-state index is 0. The average Bonchev–Trinajstić information content (AvgIpc) is 2.07. The van der Waals surface area contributed by atoms with Gasteiger partial charge in [0.2, 0.25) is 0 Å². The molecule has 16 heavy (non-hydrogen) atoms. The molecule has 0 fully saturated rings. The molecule has 7 heteroatoms. The van der Waals surface area contributed by atoms with Crippen molar-refractivity contribution in [1.82, 2.24) is 0 Å². The Morgan fingerprint density at radius 3 is 1.31 bits per heavy atom. The minimum Gasteiger partial charge on any atom is -0.466 e. The van der Waals surface area contributed by atoms with Gasteiger partial charge in [-0.15, -0.1) is 23.2 Å². The molecule has 0 aliphatic heterocycles. The number of ketones is 1. The van der Waals surface area contributed by atoms with E-state index in [-0.39, 0.29) is 22.6 Å². The van der Waals surface area contributed by atoms with E-state index in [1.807, 2.05) is 0 Å². The lowest BCUT2D eigenvalue weighted by molar-refractivity contribution is -0.140. The Labute approximate surface area is 107 Å². The average molecular weight is 281 g/mol. The molecule has 0 aromatic heterocycles. The zero-order valence-corrected chi connectivity index (χ0v) is 11.9. The topological polar surface area (TPSA) is 95.1 Å². The summed E-state index contributed by atoms with van der Waals surface area (Å²) < 4.78 is 4.40. The fraction of sp³-hybridized carbons (Fsp3) is 0.778. The SMILES string of the molecule is CC(C)=O.CCOC(C)=O.CO.ClCCl.O. The molecule has 0 saturated carbocycles. The highest BCUT2D eigenvalue weighted by Crippen LogP contribution is 1.73. The number of alkyl halides is 2. The lowest BCUT2D eigenvalue weighted by Gasteiger charge is -1.89. The fourth-order valence-corrected chi connectivity index (χ4v) is 0.203. The summed E-state index contributed by atoms with van der Waals surface area (Å²) in [6.45, 7) is 6.71. The molecular weight excluding hydrogens is 259 g/mol. The van der Waals surface area contributed by atoms with Crippen molar-refractivity contribution in [2.45, 2.75) is 27.7 Å². The molecule has 0 aromatic carbocycles. The number of esters is 1. The molecular formula is C9H22Cl2O5. The highest BCUT2D eigenvalue weighted by molar-refractivity contribution is 6.40. The number of aliphatic hydroxyl groups is 1. The van der Waals surface area contributed by atoms with E-state index in [0.717, 1.165) is 7.11 Å². The quantitative estimate of drug-likeness (QED) is 0.580. The summed E-state index contributed by atoms with van der Waals surface area (Å²) in [5, 5.41) is 7.19. The van der Waals surface area contributed by atoms with E-state index in [4.69, 9.17) is 28.3 Å². The maximum absolute atomic E-state index is 9.82. The predicted octanol–water partition coefficient (Wildman–Crippen LogP) is 1.37. The second kappa shape index (κ2) is 36.5. The van der Waals surface area contributed by atoms with Gasteiger partial charge in [-0.05, 0) is 20.8 Å². The molecule has 0 heterocycles. The van der Waals surface area contributed by atoms with Crippen molar-refractivity contribution in [1.29, 1.82) is 0 Å². The molecule has 0 spiro atoms. The van der Waals surface area contributed by atoms with Gasteiger partial charge in [-0.2, -0.15) is 0 Å². The zero-order chi connectivity index (χ0) is 13.3. The minimum atomic E-state index is -0.211. The molecule has 0 radical (unpaired) electrons. The van der Waals surface area contributed by atoms with Gasteiger partial charge in [0.05, 0.1) is 11.9 Å². The lowest BCUT2D eigenvalue weighted by atomic mass is 10.6. The molecule has 0 aliphatic carbocycles. The molecule has 0 rings (SSSR count). The summed E-state index contributed by atoms with van der Waals surface area (Å²) >= 11 is 9.53. The van der Waals surface area contributed by atoms with E-state index in [9.17, 15) is 9.59 Å². The van der Waals surface area contributed by atoms with Crippen molar-refractivity contribution < 1.29 is 24.9 Å². The summed E-state index contributed by atoms with van der Waals surface area (Å²) in [7, 11) is 1.00. The number of carbonyl (C=O) groups is 2. The summed E-state index contributed by atoms with van der Waals surface area (Å²) in [4.78, 5) is 19.3. The van der Waals surface area contributed by atoms with Crippen LogP contribution in [-0.4, -0.2) is 41.4 Å². The molecule has 0 unspecified atom stereocenters. The molecule has 5 nitrogen and oxygen atoms in total. The smallest absolute Gasteiger partial charge is 0.302 e. The van der Waals surface area contributed by atoms with Crippen LogP contribution in [0.1, 0.15) is 27.7 Å². The van der Waals surface area contributed by atoms with Crippen LogP contribution in [0.4, 0.5) is 0 Å². The number of hydrogen-bond donors (Lipinski definition) is 1. The Balaban J connectivity index is -0.0000000358. The molecule has 0 aliphatic rings. The second-order valence-electron chi connectivity index (χ2n) is 1.93. The Morgan fingerprint density at radius 1 is 1.12 bits per heavy atom. The Morgan fingerprint density at radius 2 is 1.31 bits per heavy atom. The summed E-state index contributed by atoms with van der Waals surface area (Å²) in [5.41, 5.74) is 0. The molecule has 0 atom stereocenters. The summed E-state index contributed by atoms with van der Waals surface area (Å²) in [5.74, 6) is -0.0440. The lowest BCUT2D eigenvalue weighted by Crippen LogP contribution is -1.95. The summed E-state index contributed by atoms with van der Waals surface area (Å²) in [6.07, 6.45) is 0. The van der Waals surface area contributed by atoms with Crippen LogP contribution in [0.5, 0.6) is 0 Å². The summed E-state index contributed by atoms with van der Waals surface area (Å²) in [6, 6.07) is 0. The van der Waals surface area contributed by atoms with Gasteiger partial charge in [-0.3, -0.25) is 4.79 Å². The molecule has 0 amide bonds. The predicted molar refractivity (Wildman–Crippen MR) is 67.0 cm³/mol. The number of hydrogen-bond acceptors (Lipinski definition) is 4. The van der Waals surface area contributed by atoms with Gasteiger partial charge in [-0.25, -0.2) is 0 Å². The van der Waals surface area contributed by atoms with E-state index in [1.54, 1.807) is 6.92 Å². The normalized spacial score (nSPS) is 6.00. The Bertz CT molecular complexity index is 127. The van der Waals surface area contributed by atoms with Crippen molar-refractivity contribution in [3.8, 4) is 0 Å². The largest absolute Gasteiger partial charge is 0.466 e. The van der Waals surface area contributed by atoms with Crippen LogP contribution in [0.25, 0.3) is 0 Å². The van der Waals surface area contributed by atoms with E-state index >= 15 is 0 Å².